The highest BCUT2D eigenvalue weighted by atomic mass is 16.6. The molecule has 0 bridgehead atoms. The molecule has 4 aliphatic carbocycles. The Morgan fingerprint density at radius 2 is 1.61 bits per heavy atom. The number of hydrogen-bond acceptors (Lipinski definition) is 7. The van der Waals surface area contributed by atoms with Gasteiger partial charge in [-0.2, -0.15) is 0 Å². The standard InChI is InChI=1S/C31H50O7/c1-17(2)8-11-26(35)31(7,36)25-10-9-21-20-16-24(37-18(3)32)27-28(38-19(4)33)23(34)13-15-30(27,6)22(20)12-14-29(21,25)5/h16-17,21-28,34-36H,8-15H2,1-7H3/t21?,22?,23-,24?,25?,26?,27?,28-,29-,30+,31+/m0/s1. The number of esters is 2. The van der Waals surface area contributed by atoms with Gasteiger partial charge < -0.3 is 24.8 Å². The van der Waals surface area contributed by atoms with Gasteiger partial charge in [-0.3, -0.25) is 9.59 Å². The second kappa shape index (κ2) is 10.5. The van der Waals surface area contributed by atoms with Crippen molar-refractivity contribution < 1.29 is 34.4 Å². The molecular formula is C31H50O7. The van der Waals surface area contributed by atoms with Crippen molar-refractivity contribution in [3.05, 3.63) is 11.6 Å². The monoisotopic (exact) mass is 534 g/mol. The van der Waals surface area contributed by atoms with Crippen LogP contribution < -0.4 is 0 Å². The minimum Gasteiger partial charge on any atom is -0.459 e. The first-order valence-electron chi connectivity index (χ1n) is 14.8. The number of rotatable bonds is 7. The van der Waals surface area contributed by atoms with Gasteiger partial charge in [-0.05, 0) is 98.9 Å². The lowest BCUT2D eigenvalue weighted by molar-refractivity contribution is -0.196. The molecule has 3 fully saturated rings. The van der Waals surface area contributed by atoms with E-state index in [2.05, 4.69) is 33.8 Å². The third-order valence-electron chi connectivity index (χ3n) is 11.1. The van der Waals surface area contributed by atoms with Gasteiger partial charge in [0.05, 0.1) is 17.8 Å². The topological polar surface area (TPSA) is 113 Å². The summed E-state index contributed by atoms with van der Waals surface area (Å²) in [5.74, 6) is -0.301. The molecule has 4 rings (SSSR count). The molecule has 0 spiro atoms. The van der Waals surface area contributed by atoms with Crippen molar-refractivity contribution in [3.8, 4) is 0 Å². The summed E-state index contributed by atoms with van der Waals surface area (Å²) in [6.07, 6.45) is 5.55. The van der Waals surface area contributed by atoms with Gasteiger partial charge in [-0.1, -0.05) is 33.3 Å². The Hall–Kier alpha value is -1.44. The van der Waals surface area contributed by atoms with Gasteiger partial charge in [0.15, 0.2) is 0 Å². The quantitative estimate of drug-likeness (QED) is 0.324. The van der Waals surface area contributed by atoms with Crippen LogP contribution in [0.4, 0.5) is 0 Å². The zero-order valence-corrected chi connectivity index (χ0v) is 24.4. The zero-order valence-electron chi connectivity index (χ0n) is 24.4. The zero-order chi connectivity index (χ0) is 28.2. The highest BCUT2D eigenvalue weighted by Crippen LogP contribution is 2.67. The van der Waals surface area contributed by atoms with Crippen LogP contribution >= 0.6 is 0 Å². The molecule has 0 aromatic carbocycles. The molecule has 3 N–H and O–H groups in total. The van der Waals surface area contributed by atoms with Crippen LogP contribution in [0.5, 0.6) is 0 Å². The Labute approximate surface area is 228 Å². The van der Waals surface area contributed by atoms with Crippen LogP contribution in [0, 0.1) is 40.4 Å². The first kappa shape index (κ1) is 29.5. The summed E-state index contributed by atoms with van der Waals surface area (Å²) >= 11 is 0. The van der Waals surface area contributed by atoms with Crippen molar-refractivity contribution in [2.75, 3.05) is 0 Å². The summed E-state index contributed by atoms with van der Waals surface area (Å²) in [6, 6.07) is 0. The fraction of sp³-hybridized carbons (Fsp3) is 0.871. The van der Waals surface area contributed by atoms with Crippen LogP contribution in [0.25, 0.3) is 0 Å². The number of allylic oxidation sites excluding steroid dienone is 1. The van der Waals surface area contributed by atoms with Gasteiger partial charge in [-0.15, -0.1) is 0 Å². The molecular weight excluding hydrogens is 484 g/mol. The number of carbonyl (C=O) groups excluding carboxylic acids is 2. The maximum Gasteiger partial charge on any atom is 0.303 e. The first-order chi connectivity index (χ1) is 17.6. The minimum absolute atomic E-state index is 0.0382. The van der Waals surface area contributed by atoms with E-state index in [0.29, 0.717) is 18.8 Å². The lowest BCUT2D eigenvalue weighted by Gasteiger charge is -2.60. The smallest absolute Gasteiger partial charge is 0.303 e. The molecule has 0 saturated heterocycles. The van der Waals surface area contributed by atoms with Crippen molar-refractivity contribution in [2.24, 2.45) is 40.4 Å². The SMILES string of the molecule is CC(=O)OC1C=C2C3CCC([C@@](C)(O)C(O)CCC(C)C)[C@@]3(C)CCC2[C@@]2(C)CC[C@H](O)[C@H](OC(C)=O)C12. The number of fused-ring (bicyclic) bond motifs is 5. The summed E-state index contributed by atoms with van der Waals surface area (Å²) < 4.78 is 11.6. The fourth-order valence-corrected chi connectivity index (χ4v) is 9.22. The molecule has 7 nitrogen and oxygen atoms in total. The van der Waals surface area contributed by atoms with Crippen LogP contribution in [0.1, 0.15) is 99.8 Å². The van der Waals surface area contributed by atoms with Gasteiger partial charge in [0, 0.05) is 19.8 Å². The van der Waals surface area contributed by atoms with Gasteiger partial charge in [0.1, 0.15) is 12.2 Å². The Morgan fingerprint density at radius 3 is 2.21 bits per heavy atom. The molecule has 0 heterocycles. The molecule has 216 valence electrons. The minimum atomic E-state index is -1.18. The van der Waals surface area contributed by atoms with Crippen LogP contribution in [-0.2, 0) is 19.1 Å². The lowest BCUT2D eigenvalue weighted by atomic mass is 9.46. The normalized spacial score (nSPS) is 42.7. The molecule has 0 aromatic rings. The molecule has 11 atom stereocenters. The number of ether oxygens (including phenoxy) is 2. The van der Waals surface area contributed by atoms with E-state index in [1.807, 2.05) is 6.92 Å². The molecule has 0 aliphatic heterocycles. The Kier molecular flexibility index (Phi) is 8.17. The Bertz CT molecular complexity index is 941. The maximum absolute atomic E-state index is 12.2. The summed E-state index contributed by atoms with van der Waals surface area (Å²) in [6.45, 7) is 13.3. The van der Waals surface area contributed by atoms with Gasteiger partial charge in [0.25, 0.3) is 0 Å². The average Bonchev–Trinajstić information content (AvgIpc) is 3.17. The molecule has 0 radical (unpaired) electrons. The van der Waals surface area contributed by atoms with E-state index in [-0.39, 0.29) is 34.5 Å². The molecule has 6 unspecified atom stereocenters. The second-order valence-electron chi connectivity index (χ2n) is 13.9. The number of carbonyl (C=O) groups is 2. The van der Waals surface area contributed by atoms with Gasteiger partial charge in [0.2, 0.25) is 0 Å². The molecule has 4 aliphatic rings. The molecule has 3 saturated carbocycles. The summed E-state index contributed by atoms with van der Waals surface area (Å²) in [7, 11) is 0. The Morgan fingerprint density at radius 1 is 1.00 bits per heavy atom. The third kappa shape index (κ3) is 4.96. The van der Waals surface area contributed by atoms with E-state index in [9.17, 15) is 24.9 Å². The van der Waals surface area contributed by atoms with E-state index < -0.39 is 42.0 Å². The summed E-state index contributed by atoms with van der Waals surface area (Å²) in [5.41, 5.74) is -0.380. The van der Waals surface area contributed by atoms with Crippen molar-refractivity contribution in [2.45, 2.75) is 130 Å². The first-order valence-corrected chi connectivity index (χ1v) is 14.8. The molecule has 7 heteroatoms. The van der Waals surface area contributed by atoms with E-state index in [4.69, 9.17) is 9.47 Å². The van der Waals surface area contributed by atoms with E-state index >= 15 is 0 Å². The third-order valence-corrected chi connectivity index (χ3v) is 11.1. The van der Waals surface area contributed by atoms with E-state index in [1.54, 1.807) is 0 Å². The van der Waals surface area contributed by atoms with Crippen molar-refractivity contribution in [3.63, 3.8) is 0 Å². The summed E-state index contributed by atoms with van der Waals surface area (Å²) in [4.78, 5) is 24.2. The summed E-state index contributed by atoms with van der Waals surface area (Å²) in [5, 5.41) is 33.7. The Balaban J connectivity index is 1.71. The van der Waals surface area contributed by atoms with Crippen molar-refractivity contribution >= 4 is 11.9 Å². The number of aliphatic hydroxyl groups excluding tert-OH is 2. The molecule has 0 aromatic heterocycles. The van der Waals surface area contributed by atoms with E-state index in [1.165, 1.54) is 19.4 Å². The predicted molar refractivity (Wildman–Crippen MR) is 144 cm³/mol. The highest BCUT2D eigenvalue weighted by Gasteiger charge is 2.64. The highest BCUT2D eigenvalue weighted by molar-refractivity contribution is 5.67. The lowest BCUT2D eigenvalue weighted by Crippen LogP contribution is -2.61. The van der Waals surface area contributed by atoms with Gasteiger partial charge in [-0.25, -0.2) is 0 Å². The largest absolute Gasteiger partial charge is 0.459 e. The van der Waals surface area contributed by atoms with Crippen molar-refractivity contribution in [1.82, 2.24) is 0 Å². The molecule has 38 heavy (non-hydrogen) atoms. The average molecular weight is 535 g/mol. The number of aliphatic hydroxyl groups is 3. The predicted octanol–water partition coefficient (Wildman–Crippen LogP) is 4.56. The number of hydrogen-bond donors (Lipinski definition) is 3. The second-order valence-corrected chi connectivity index (χ2v) is 13.9. The van der Waals surface area contributed by atoms with Gasteiger partial charge >= 0.3 is 11.9 Å². The van der Waals surface area contributed by atoms with Crippen molar-refractivity contribution in [1.29, 1.82) is 0 Å². The van der Waals surface area contributed by atoms with Crippen LogP contribution in [0.2, 0.25) is 0 Å². The molecule has 0 amide bonds. The van der Waals surface area contributed by atoms with Crippen LogP contribution in [0.15, 0.2) is 11.6 Å². The fourth-order valence-electron chi connectivity index (χ4n) is 9.22. The van der Waals surface area contributed by atoms with E-state index in [0.717, 1.165) is 38.5 Å². The van der Waals surface area contributed by atoms with Crippen LogP contribution in [-0.4, -0.2) is 57.3 Å². The maximum atomic E-state index is 12.2. The van der Waals surface area contributed by atoms with Crippen LogP contribution in [0.3, 0.4) is 0 Å².